The Kier molecular flexibility index (Phi) is 6.51. The van der Waals surface area contributed by atoms with Gasteiger partial charge in [0.2, 0.25) is 0 Å². The number of hydroxylamine groups is 2. The first-order chi connectivity index (χ1) is 20.6. The standard InChI is InChI=1S/C33H26N6O3/c1-22-35-29-20-26(13-15-31(29)42-22)36-28-11-6-17-38-27(21-34-32(28)38)14-12-23-7-5-10-25(19-23)37-33(40)39-30(16-18-41-39)24-8-3-2-4-9-24/h2-11,13,15,17,19-21,30,36H,16,18H2,1H3,(H,37,40)/t30-/m0/s1. The van der Waals surface area contributed by atoms with Crippen molar-refractivity contribution in [1.29, 1.82) is 0 Å². The number of hydrogen-bond acceptors (Lipinski definition) is 6. The van der Waals surface area contributed by atoms with Crippen molar-refractivity contribution in [3.63, 3.8) is 0 Å². The number of nitrogens with one attached hydrogen (secondary N) is 2. The largest absolute Gasteiger partial charge is 0.441 e. The van der Waals surface area contributed by atoms with E-state index in [0.717, 1.165) is 51.4 Å². The number of carbonyl (C=O) groups excluding carboxylic acids is 1. The van der Waals surface area contributed by atoms with E-state index < -0.39 is 0 Å². The molecular weight excluding hydrogens is 528 g/mol. The molecular formula is C33H26N6O3. The van der Waals surface area contributed by atoms with Crippen LogP contribution in [-0.4, -0.2) is 32.1 Å². The minimum Gasteiger partial charge on any atom is -0.441 e. The molecule has 0 radical (unpaired) electrons. The molecule has 0 unspecified atom stereocenters. The normalized spacial score (nSPS) is 14.6. The summed E-state index contributed by atoms with van der Waals surface area (Å²) < 4.78 is 7.52. The van der Waals surface area contributed by atoms with Crippen molar-refractivity contribution in [2.45, 2.75) is 19.4 Å². The number of fused-ring (bicyclic) bond motifs is 2. The van der Waals surface area contributed by atoms with E-state index in [-0.39, 0.29) is 12.1 Å². The van der Waals surface area contributed by atoms with Crippen molar-refractivity contribution in [3.05, 3.63) is 120 Å². The third-order valence-corrected chi connectivity index (χ3v) is 7.05. The minimum absolute atomic E-state index is 0.127. The van der Waals surface area contributed by atoms with Gasteiger partial charge in [-0.25, -0.2) is 14.8 Å². The molecule has 7 rings (SSSR count). The third kappa shape index (κ3) is 5.03. The molecule has 6 aromatic rings. The highest BCUT2D eigenvalue weighted by Crippen LogP contribution is 2.31. The van der Waals surface area contributed by atoms with Gasteiger partial charge in [-0.3, -0.25) is 9.24 Å². The fourth-order valence-corrected chi connectivity index (χ4v) is 5.11. The summed E-state index contributed by atoms with van der Waals surface area (Å²) in [7, 11) is 0. The van der Waals surface area contributed by atoms with Crippen LogP contribution in [0, 0.1) is 18.8 Å². The topological polar surface area (TPSA) is 96.9 Å². The van der Waals surface area contributed by atoms with Gasteiger partial charge < -0.3 is 15.1 Å². The van der Waals surface area contributed by atoms with E-state index in [2.05, 4.69) is 32.4 Å². The summed E-state index contributed by atoms with van der Waals surface area (Å²) in [5.74, 6) is 7.05. The van der Waals surface area contributed by atoms with Gasteiger partial charge in [0.25, 0.3) is 0 Å². The summed E-state index contributed by atoms with van der Waals surface area (Å²) in [4.78, 5) is 27.7. The first-order valence-electron chi connectivity index (χ1n) is 13.6. The van der Waals surface area contributed by atoms with Crippen molar-refractivity contribution in [2.24, 2.45) is 0 Å². The molecule has 0 saturated carbocycles. The number of anilines is 3. The third-order valence-electron chi connectivity index (χ3n) is 7.05. The zero-order valence-electron chi connectivity index (χ0n) is 22.7. The molecule has 3 aromatic carbocycles. The second-order valence-corrected chi connectivity index (χ2v) is 9.93. The summed E-state index contributed by atoms with van der Waals surface area (Å²) >= 11 is 0. The van der Waals surface area contributed by atoms with E-state index in [1.165, 1.54) is 5.06 Å². The summed E-state index contributed by atoms with van der Waals surface area (Å²) in [6.07, 6.45) is 4.42. The van der Waals surface area contributed by atoms with Crippen LogP contribution in [0.2, 0.25) is 0 Å². The Balaban J connectivity index is 1.08. The molecule has 9 nitrogen and oxygen atoms in total. The highest BCUT2D eigenvalue weighted by atomic mass is 16.7. The second kappa shape index (κ2) is 10.8. The second-order valence-electron chi connectivity index (χ2n) is 9.93. The number of aryl methyl sites for hydroxylation is 1. The maximum absolute atomic E-state index is 13.1. The van der Waals surface area contributed by atoms with Crippen molar-refractivity contribution in [1.82, 2.24) is 19.4 Å². The van der Waals surface area contributed by atoms with Crippen LogP contribution < -0.4 is 10.6 Å². The van der Waals surface area contributed by atoms with E-state index in [1.54, 1.807) is 6.20 Å². The number of imidazole rings is 1. The van der Waals surface area contributed by atoms with Gasteiger partial charge in [0.05, 0.1) is 24.5 Å². The van der Waals surface area contributed by atoms with Crippen LogP contribution >= 0.6 is 0 Å². The monoisotopic (exact) mass is 554 g/mol. The van der Waals surface area contributed by atoms with Gasteiger partial charge in [-0.15, -0.1) is 0 Å². The lowest BCUT2D eigenvalue weighted by Gasteiger charge is -2.23. The first-order valence-corrected chi connectivity index (χ1v) is 13.6. The number of pyridine rings is 1. The zero-order valence-corrected chi connectivity index (χ0v) is 22.7. The van der Waals surface area contributed by atoms with Crippen LogP contribution in [0.5, 0.6) is 0 Å². The number of rotatable bonds is 4. The zero-order chi connectivity index (χ0) is 28.5. The summed E-state index contributed by atoms with van der Waals surface area (Å²) in [5, 5.41) is 7.80. The molecule has 1 aliphatic rings. The quantitative estimate of drug-likeness (QED) is 0.232. The molecule has 2 amide bonds. The van der Waals surface area contributed by atoms with Gasteiger partial charge in [-0.1, -0.05) is 42.3 Å². The van der Waals surface area contributed by atoms with Crippen molar-refractivity contribution in [3.8, 4) is 11.8 Å². The van der Waals surface area contributed by atoms with E-state index in [0.29, 0.717) is 18.2 Å². The van der Waals surface area contributed by atoms with Crippen LogP contribution in [0.3, 0.4) is 0 Å². The molecule has 1 saturated heterocycles. The fraction of sp³-hybridized carbons (Fsp3) is 0.121. The van der Waals surface area contributed by atoms with Gasteiger partial charge in [-0.2, -0.15) is 5.06 Å². The molecule has 2 N–H and O–H groups in total. The van der Waals surface area contributed by atoms with E-state index in [4.69, 9.17) is 9.25 Å². The smallest absolute Gasteiger partial charge is 0.346 e. The lowest BCUT2D eigenvalue weighted by molar-refractivity contribution is -0.0829. The average Bonchev–Trinajstić information content (AvgIpc) is 3.75. The average molecular weight is 555 g/mol. The number of urea groups is 1. The molecule has 4 heterocycles. The van der Waals surface area contributed by atoms with Crippen molar-refractivity contribution < 1.29 is 14.0 Å². The van der Waals surface area contributed by atoms with Crippen molar-refractivity contribution in [2.75, 3.05) is 17.2 Å². The molecule has 0 spiro atoms. The van der Waals surface area contributed by atoms with Gasteiger partial charge in [0.1, 0.15) is 11.2 Å². The molecule has 1 atom stereocenters. The predicted octanol–water partition coefficient (Wildman–Crippen LogP) is 6.84. The molecule has 9 heteroatoms. The van der Waals surface area contributed by atoms with Crippen LogP contribution in [-0.2, 0) is 4.84 Å². The lowest BCUT2D eigenvalue weighted by Crippen LogP contribution is -2.33. The van der Waals surface area contributed by atoms with Gasteiger partial charge in [0, 0.05) is 36.5 Å². The lowest BCUT2D eigenvalue weighted by atomic mass is 10.1. The van der Waals surface area contributed by atoms with Gasteiger partial charge in [-0.05, 0) is 60.0 Å². The number of hydrogen-bond donors (Lipinski definition) is 2. The Morgan fingerprint density at radius 1 is 0.976 bits per heavy atom. The minimum atomic E-state index is -0.314. The Hall–Kier alpha value is -5.59. The Morgan fingerprint density at radius 3 is 2.79 bits per heavy atom. The molecule has 42 heavy (non-hydrogen) atoms. The SMILES string of the molecule is Cc1nc2cc(Nc3cccn4c(C#Cc5cccc(NC(=O)N6OCC[C@H]6c6ccccc6)c5)cnc34)ccc2o1. The van der Waals surface area contributed by atoms with Crippen LogP contribution in [0.1, 0.15) is 35.2 Å². The van der Waals surface area contributed by atoms with Gasteiger partial charge in [0.15, 0.2) is 17.1 Å². The molecule has 1 aliphatic heterocycles. The summed E-state index contributed by atoms with van der Waals surface area (Å²) in [5.41, 5.74) is 7.19. The number of carbonyl (C=O) groups is 1. The predicted molar refractivity (Wildman–Crippen MR) is 160 cm³/mol. The van der Waals surface area contributed by atoms with E-state index in [1.807, 2.05) is 102 Å². The summed E-state index contributed by atoms with van der Waals surface area (Å²) in [6, 6.07) is 26.6. The van der Waals surface area contributed by atoms with Crippen LogP contribution in [0.25, 0.3) is 16.7 Å². The van der Waals surface area contributed by atoms with Crippen molar-refractivity contribution >= 4 is 39.8 Å². The molecule has 0 aliphatic carbocycles. The Morgan fingerprint density at radius 2 is 1.88 bits per heavy atom. The highest BCUT2D eigenvalue weighted by Gasteiger charge is 2.31. The van der Waals surface area contributed by atoms with E-state index >= 15 is 0 Å². The molecule has 0 bridgehead atoms. The number of oxazole rings is 1. The Labute approximate surface area is 241 Å². The number of nitrogens with zero attached hydrogens (tertiary/aromatic N) is 4. The fourth-order valence-electron chi connectivity index (χ4n) is 5.11. The maximum Gasteiger partial charge on any atom is 0.346 e. The van der Waals surface area contributed by atoms with Crippen LogP contribution in [0.15, 0.2) is 102 Å². The molecule has 206 valence electrons. The summed E-state index contributed by atoms with van der Waals surface area (Å²) in [6.45, 7) is 2.32. The van der Waals surface area contributed by atoms with E-state index in [9.17, 15) is 4.79 Å². The Bertz CT molecular complexity index is 1990. The van der Waals surface area contributed by atoms with Gasteiger partial charge >= 0.3 is 6.03 Å². The van der Waals surface area contributed by atoms with Crippen LogP contribution in [0.4, 0.5) is 21.9 Å². The molecule has 1 fully saturated rings. The molecule has 3 aromatic heterocycles. The number of aromatic nitrogens is 3. The number of benzene rings is 3. The number of amides is 2. The maximum atomic E-state index is 13.1. The first kappa shape index (κ1) is 25.4. The highest BCUT2D eigenvalue weighted by molar-refractivity contribution is 5.89.